The van der Waals surface area contributed by atoms with Crippen molar-refractivity contribution >= 4 is 41.6 Å². The highest BCUT2D eigenvalue weighted by molar-refractivity contribution is 14.2. The first kappa shape index (κ1) is 19.6. The van der Waals surface area contributed by atoms with E-state index in [1.807, 2.05) is 19.9 Å². The van der Waals surface area contributed by atoms with Gasteiger partial charge < -0.3 is 4.90 Å². The van der Waals surface area contributed by atoms with Crippen LogP contribution in [0.3, 0.4) is 0 Å². The number of benzene rings is 1. The van der Waals surface area contributed by atoms with E-state index in [1.165, 1.54) is 11.3 Å². The molecule has 130 valence electrons. The Labute approximate surface area is 162 Å². The molecule has 0 spiro atoms. The summed E-state index contributed by atoms with van der Waals surface area (Å²) >= 11 is 2.20. The van der Waals surface area contributed by atoms with Gasteiger partial charge in [0.1, 0.15) is 0 Å². The number of nitrogens with zero attached hydrogens (tertiary/aromatic N) is 2. The first-order valence-electron chi connectivity index (χ1n) is 8.46. The van der Waals surface area contributed by atoms with E-state index in [4.69, 9.17) is 0 Å². The van der Waals surface area contributed by atoms with E-state index in [2.05, 4.69) is 61.2 Å². The number of anilines is 1. The van der Waals surface area contributed by atoms with Crippen LogP contribution in [0.1, 0.15) is 36.7 Å². The van der Waals surface area contributed by atoms with Crippen LogP contribution >= 0.6 is 30.1 Å². The monoisotopic (exact) mass is 456 g/mol. The zero-order valence-corrected chi connectivity index (χ0v) is 17.6. The number of carbonyl (C=O) groups is 1. The second-order valence-corrected chi connectivity index (χ2v) is 8.01. The molecule has 1 aliphatic heterocycles. The lowest BCUT2D eigenvalue weighted by Crippen LogP contribution is -2.46. The molecule has 0 bridgehead atoms. The van der Waals surface area contributed by atoms with E-state index in [-0.39, 0.29) is 11.7 Å². The highest BCUT2D eigenvalue weighted by Gasteiger charge is 2.19. The molecule has 5 heteroatoms. The highest BCUT2D eigenvalue weighted by Crippen LogP contribution is 2.23. The van der Waals surface area contributed by atoms with Crippen LogP contribution in [0, 0.1) is 17.1 Å². The van der Waals surface area contributed by atoms with Crippen molar-refractivity contribution in [2.24, 2.45) is 5.92 Å². The van der Waals surface area contributed by atoms with Gasteiger partial charge in [-0.2, -0.15) is 0 Å². The van der Waals surface area contributed by atoms with Gasteiger partial charge in [0.2, 0.25) is 0 Å². The fourth-order valence-corrected chi connectivity index (χ4v) is 3.54. The van der Waals surface area contributed by atoms with Crippen LogP contribution in [-0.2, 0) is 6.42 Å². The molecule has 0 atom stereocenters. The summed E-state index contributed by atoms with van der Waals surface area (Å²) in [7, 11) is 1.54. The maximum absolute atomic E-state index is 12.3. The molecule has 0 aliphatic carbocycles. The van der Waals surface area contributed by atoms with Gasteiger partial charge in [-0.1, -0.05) is 26.7 Å². The van der Waals surface area contributed by atoms with Gasteiger partial charge in [0.25, 0.3) is 0 Å². The number of aryl methyl sites for hydroxylation is 1. The van der Waals surface area contributed by atoms with Crippen molar-refractivity contribution in [2.45, 2.75) is 27.2 Å². The summed E-state index contributed by atoms with van der Waals surface area (Å²) in [6.07, 6.45) is 0.894. The average Bonchev–Trinajstić information content (AvgIpc) is 2.61. The van der Waals surface area contributed by atoms with E-state index < -0.39 is 0 Å². The summed E-state index contributed by atoms with van der Waals surface area (Å²) in [6, 6.07) is 6.33. The number of piperazine rings is 1. The molecule has 1 saturated heterocycles. The SMILES string of the molecule is CCc1cc(N2CCN(CC#CSI)CC2)ccc1C(=O)C(C)C. The molecule has 1 heterocycles. The summed E-state index contributed by atoms with van der Waals surface area (Å²) < 4.78 is 0. The van der Waals surface area contributed by atoms with Gasteiger partial charge in [0.15, 0.2) is 5.78 Å². The maximum atomic E-state index is 12.3. The standard InChI is InChI=1S/C19H25IN2OS/c1-4-16-14-17(6-7-18(16)19(23)15(2)3)22-11-9-21(10-12-22)8-5-13-24-20/h6-7,14-15H,4,8-12H2,1-3H3. The van der Waals surface area contributed by atoms with Crippen molar-refractivity contribution in [1.82, 2.24) is 4.90 Å². The smallest absolute Gasteiger partial charge is 0.165 e. The molecular formula is C19H25IN2OS. The predicted molar refractivity (Wildman–Crippen MR) is 113 cm³/mol. The molecular weight excluding hydrogens is 431 g/mol. The number of ketones is 1. The molecule has 0 aromatic heterocycles. The van der Waals surface area contributed by atoms with Crippen molar-refractivity contribution in [2.75, 3.05) is 37.6 Å². The largest absolute Gasteiger partial charge is 0.369 e. The minimum atomic E-state index is 0.0477. The Morgan fingerprint density at radius 3 is 2.58 bits per heavy atom. The van der Waals surface area contributed by atoms with Crippen LogP contribution in [0.25, 0.3) is 0 Å². The Hall–Kier alpha value is -0.710. The van der Waals surface area contributed by atoms with E-state index in [9.17, 15) is 4.79 Å². The van der Waals surface area contributed by atoms with Gasteiger partial charge >= 0.3 is 0 Å². The van der Waals surface area contributed by atoms with Crippen LogP contribution in [0.5, 0.6) is 0 Å². The third kappa shape index (κ3) is 5.14. The molecule has 0 saturated carbocycles. The topological polar surface area (TPSA) is 23.6 Å². The number of carbonyl (C=O) groups excluding carboxylic acids is 1. The van der Waals surface area contributed by atoms with Gasteiger partial charge in [-0.15, -0.1) is 0 Å². The molecule has 2 rings (SSSR count). The highest BCUT2D eigenvalue weighted by atomic mass is 127. The quantitative estimate of drug-likeness (QED) is 0.376. The average molecular weight is 456 g/mol. The van der Waals surface area contributed by atoms with Crippen LogP contribution < -0.4 is 4.90 Å². The van der Waals surface area contributed by atoms with E-state index >= 15 is 0 Å². The third-order valence-corrected chi connectivity index (χ3v) is 5.29. The summed E-state index contributed by atoms with van der Waals surface area (Å²) in [5.74, 6) is 3.48. The van der Waals surface area contributed by atoms with E-state index in [1.54, 1.807) is 8.93 Å². The molecule has 0 unspecified atom stereocenters. The number of hydrogen-bond donors (Lipinski definition) is 0. The van der Waals surface area contributed by atoms with Crippen LogP contribution in [-0.4, -0.2) is 43.4 Å². The Bertz CT molecular complexity index is 628. The van der Waals surface area contributed by atoms with E-state index in [0.717, 1.165) is 44.7 Å². The lowest BCUT2D eigenvalue weighted by Gasteiger charge is -2.35. The van der Waals surface area contributed by atoms with Crippen molar-refractivity contribution in [3.63, 3.8) is 0 Å². The van der Waals surface area contributed by atoms with Crippen molar-refractivity contribution in [3.05, 3.63) is 29.3 Å². The first-order chi connectivity index (χ1) is 11.6. The van der Waals surface area contributed by atoms with Gasteiger partial charge in [-0.25, -0.2) is 0 Å². The fraction of sp³-hybridized carbons (Fsp3) is 0.526. The Morgan fingerprint density at radius 1 is 1.29 bits per heavy atom. The van der Waals surface area contributed by atoms with Crippen LogP contribution in [0.2, 0.25) is 0 Å². The van der Waals surface area contributed by atoms with Gasteiger partial charge in [-0.3, -0.25) is 9.69 Å². The zero-order chi connectivity index (χ0) is 17.5. The summed E-state index contributed by atoms with van der Waals surface area (Å²) in [6.45, 7) is 11.0. The molecule has 1 aliphatic rings. The molecule has 1 fully saturated rings. The Kier molecular flexibility index (Phi) is 7.92. The summed E-state index contributed by atoms with van der Waals surface area (Å²) in [5, 5.41) is 3.05. The van der Waals surface area contributed by atoms with Crippen molar-refractivity contribution < 1.29 is 4.79 Å². The molecule has 3 nitrogen and oxygen atoms in total. The minimum Gasteiger partial charge on any atom is -0.369 e. The van der Waals surface area contributed by atoms with Crippen LogP contribution in [0.4, 0.5) is 5.69 Å². The summed E-state index contributed by atoms with van der Waals surface area (Å²) in [5.41, 5.74) is 3.29. The van der Waals surface area contributed by atoms with Gasteiger partial charge in [0, 0.05) is 64.6 Å². The second-order valence-electron chi connectivity index (χ2n) is 6.33. The molecule has 0 N–H and O–H groups in total. The molecule has 1 aromatic carbocycles. The molecule has 0 radical (unpaired) electrons. The lowest BCUT2D eigenvalue weighted by atomic mass is 9.94. The molecule has 24 heavy (non-hydrogen) atoms. The zero-order valence-electron chi connectivity index (χ0n) is 14.6. The van der Waals surface area contributed by atoms with Gasteiger partial charge in [0.05, 0.1) is 6.54 Å². The second kappa shape index (κ2) is 9.69. The minimum absolute atomic E-state index is 0.0477. The lowest BCUT2D eigenvalue weighted by molar-refractivity contribution is 0.0938. The Balaban J connectivity index is 2.04. The number of hydrogen-bond acceptors (Lipinski definition) is 4. The number of Topliss-reactive ketones (excluding diaryl/α,β-unsaturated/α-hetero) is 1. The van der Waals surface area contributed by atoms with Crippen LogP contribution in [0.15, 0.2) is 18.2 Å². The molecule has 1 aromatic rings. The Morgan fingerprint density at radius 2 is 2.00 bits per heavy atom. The molecule has 0 amide bonds. The normalized spacial score (nSPS) is 15.3. The first-order valence-corrected chi connectivity index (χ1v) is 11.8. The summed E-state index contributed by atoms with van der Waals surface area (Å²) in [4.78, 5) is 17.2. The van der Waals surface area contributed by atoms with Gasteiger partial charge in [-0.05, 0) is 44.4 Å². The number of rotatable bonds is 5. The number of halogens is 1. The fourth-order valence-electron chi connectivity index (χ4n) is 2.96. The van der Waals surface area contributed by atoms with E-state index in [0.29, 0.717) is 0 Å². The predicted octanol–water partition coefficient (Wildman–Crippen LogP) is 4.25. The third-order valence-electron chi connectivity index (χ3n) is 4.41. The van der Waals surface area contributed by atoms with Crippen molar-refractivity contribution in [1.29, 1.82) is 0 Å². The maximum Gasteiger partial charge on any atom is 0.165 e. The van der Waals surface area contributed by atoms with Crippen molar-refractivity contribution in [3.8, 4) is 11.2 Å².